The van der Waals surface area contributed by atoms with Crippen LogP contribution in [-0.2, 0) is 12.8 Å². The first kappa shape index (κ1) is 13.6. The summed E-state index contributed by atoms with van der Waals surface area (Å²) in [5.74, 6) is 0.0392. The highest BCUT2D eigenvalue weighted by atomic mass is 35.5. The zero-order valence-corrected chi connectivity index (χ0v) is 11.8. The minimum Gasteiger partial charge on any atom is -0.393 e. The van der Waals surface area contributed by atoms with Crippen molar-refractivity contribution in [2.45, 2.75) is 31.3 Å². The van der Waals surface area contributed by atoms with Gasteiger partial charge < -0.3 is 5.11 Å². The summed E-state index contributed by atoms with van der Waals surface area (Å²) in [7, 11) is 0. The Labute approximate surface area is 123 Å². The summed E-state index contributed by atoms with van der Waals surface area (Å²) in [5.41, 5.74) is 3.08. The minimum atomic E-state index is -0.567. The monoisotopic (exact) mass is 290 g/mol. The second-order valence-corrected chi connectivity index (χ2v) is 5.80. The lowest BCUT2D eigenvalue weighted by Gasteiger charge is -2.31. The second-order valence-electron chi connectivity index (χ2n) is 5.39. The maximum atomic E-state index is 13.7. The molecule has 1 N–H and O–H groups in total. The molecule has 2 atom stereocenters. The number of fused-ring (bicyclic) bond motifs is 1. The first-order chi connectivity index (χ1) is 9.65. The van der Waals surface area contributed by atoms with Gasteiger partial charge >= 0.3 is 0 Å². The number of aliphatic hydroxyl groups excluding tert-OH is 1. The van der Waals surface area contributed by atoms with Gasteiger partial charge in [0.15, 0.2) is 0 Å². The van der Waals surface area contributed by atoms with Gasteiger partial charge in [-0.05, 0) is 42.0 Å². The smallest absolute Gasteiger partial charge is 0.127 e. The van der Waals surface area contributed by atoms with Gasteiger partial charge in [0.2, 0.25) is 0 Å². The molecule has 2 aromatic carbocycles. The standard InChI is InChI=1S/C17H16ClFO/c18-16-6-3-7-17(19)15(16)10-13(20)9-12-8-11-4-1-2-5-14(11)12/h1-7,12-13,20H,8-10H2. The largest absolute Gasteiger partial charge is 0.393 e. The van der Waals surface area contributed by atoms with Crippen LogP contribution in [0.2, 0.25) is 5.02 Å². The molecule has 1 nitrogen and oxygen atoms in total. The fourth-order valence-corrected chi connectivity index (χ4v) is 3.19. The summed E-state index contributed by atoms with van der Waals surface area (Å²) >= 11 is 5.99. The summed E-state index contributed by atoms with van der Waals surface area (Å²) < 4.78 is 13.7. The van der Waals surface area contributed by atoms with Crippen molar-refractivity contribution in [2.24, 2.45) is 0 Å². The van der Waals surface area contributed by atoms with Crippen molar-refractivity contribution in [3.8, 4) is 0 Å². The van der Waals surface area contributed by atoms with E-state index in [0.717, 1.165) is 6.42 Å². The van der Waals surface area contributed by atoms with E-state index >= 15 is 0 Å². The number of benzene rings is 2. The number of halogens is 2. The molecule has 0 amide bonds. The van der Waals surface area contributed by atoms with Gasteiger partial charge in [-0.2, -0.15) is 0 Å². The van der Waals surface area contributed by atoms with Gasteiger partial charge in [-0.15, -0.1) is 0 Å². The summed E-state index contributed by atoms with van der Waals surface area (Å²) in [6.07, 6.45) is 1.35. The van der Waals surface area contributed by atoms with E-state index in [1.54, 1.807) is 12.1 Å². The van der Waals surface area contributed by atoms with Crippen LogP contribution in [-0.4, -0.2) is 11.2 Å². The van der Waals surface area contributed by atoms with Crippen LogP contribution in [0.1, 0.15) is 29.0 Å². The van der Waals surface area contributed by atoms with Crippen LogP contribution < -0.4 is 0 Å². The molecular formula is C17H16ClFO. The molecule has 0 heterocycles. The van der Waals surface area contributed by atoms with E-state index in [4.69, 9.17) is 11.6 Å². The molecule has 0 spiro atoms. The van der Waals surface area contributed by atoms with E-state index in [1.165, 1.54) is 17.2 Å². The highest BCUT2D eigenvalue weighted by Gasteiger charge is 2.27. The van der Waals surface area contributed by atoms with Gasteiger partial charge in [0.05, 0.1) is 6.10 Å². The van der Waals surface area contributed by atoms with Crippen molar-refractivity contribution >= 4 is 11.6 Å². The van der Waals surface area contributed by atoms with E-state index < -0.39 is 6.10 Å². The van der Waals surface area contributed by atoms with Crippen LogP contribution in [0.4, 0.5) is 4.39 Å². The average molecular weight is 291 g/mol. The molecule has 0 aliphatic heterocycles. The van der Waals surface area contributed by atoms with E-state index in [2.05, 4.69) is 12.1 Å². The highest BCUT2D eigenvalue weighted by Crippen LogP contribution is 2.38. The maximum Gasteiger partial charge on any atom is 0.127 e. The Morgan fingerprint density at radius 3 is 2.75 bits per heavy atom. The predicted octanol–water partition coefficient (Wildman–Crippen LogP) is 4.11. The van der Waals surface area contributed by atoms with Crippen LogP contribution in [0.25, 0.3) is 0 Å². The van der Waals surface area contributed by atoms with Crippen LogP contribution in [0.3, 0.4) is 0 Å². The van der Waals surface area contributed by atoms with E-state index in [9.17, 15) is 9.50 Å². The molecule has 1 aliphatic carbocycles. The van der Waals surface area contributed by atoms with Crippen molar-refractivity contribution < 1.29 is 9.50 Å². The summed E-state index contributed by atoms with van der Waals surface area (Å²) in [5, 5.41) is 10.6. The van der Waals surface area contributed by atoms with Crippen LogP contribution in [0.5, 0.6) is 0 Å². The third-order valence-corrected chi connectivity index (χ3v) is 4.37. The van der Waals surface area contributed by atoms with Gasteiger partial charge in [-0.3, -0.25) is 0 Å². The molecule has 0 saturated heterocycles. The molecule has 2 unspecified atom stereocenters. The Morgan fingerprint density at radius 1 is 1.20 bits per heavy atom. The third-order valence-electron chi connectivity index (χ3n) is 4.02. The molecule has 2 aromatic rings. The summed E-state index contributed by atoms with van der Waals surface area (Å²) in [6, 6.07) is 12.9. The second kappa shape index (κ2) is 5.55. The molecule has 3 heteroatoms. The van der Waals surface area contributed by atoms with Gasteiger partial charge in [-0.25, -0.2) is 4.39 Å². The molecule has 0 aromatic heterocycles. The van der Waals surface area contributed by atoms with Crippen molar-refractivity contribution in [1.29, 1.82) is 0 Å². The molecule has 1 aliphatic rings. The SMILES string of the molecule is OC(Cc1c(F)cccc1Cl)CC1Cc2ccccc21. The minimum absolute atomic E-state index is 0.268. The topological polar surface area (TPSA) is 20.2 Å². The first-order valence-corrected chi connectivity index (χ1v) is 7.21. The maximum absolute atomic E-state index is 13.7. The fourth-order valence-electron chi connectivity index (χ4n) is 2.95. The van der Waals surface area contributed by atoms with Crippen molar-refractivity contribution in [3.05, 3.63) is 70.0 Å². The highest BCUT2D eigenvalue weighted by molar-refractivity contribution is 6.31. The van der Waals surface area contributed by atoms with Gasteiger partial charge in [0, 0.05) is 17.0 Å². The molecule has 0 fully saturated rings. The quantitative estimate of drug-likeness (QED) is 0.898. The predicted molar refractivity (Wildman–Crippen MR) is 78.6 cm³/mol. The third kappa shape index (κ3) is 2.58. The molecule has 0 bridgehead atoms. The van der Waals surface area contributed by atoms with Crippen LogP contribution >= 0.6 is 11.6 Å². The number of hydrogen-bond acceptors (Lipinski definition) is 1. The molecular weight excluding hydrogens is 275 g/mol. The van der Waals surface area contributed by atoms with Gasteiger partial charge in [0.25, 0.3) is 0 Å². The van der Waals surface area contributed by atoms with Crippen molar-refractivity contribution in [2.75, 3.05) is 0 Å². The average Bonchev–Trinajstić information content (AvgIpc) is 2.40. The van der Waals surface area contributed by atoms with Crippen molar-refractivity contribution in [3.63, 3.8) is 0 Å². The molecule has 104 valence electrons. The Kier molecular flexibility index (Phi) is 3.77. The lowest BCUT2D eigenvalue weighted by molar-refractivity contribution is 0.150. The van der Waals surface area contributed by atoms with E-state index in [-0.39, 0.29) is 12.2 Å². The number of rotatable bonds is 4. The zero-order valence-electron chi connectivity index (χ0n) is 11.0. The first-order valence-electron chi connectivity index (χ1n) is 6.84. The number of aliphatic hydroxyl groups is 1. The summed E-state index contributed by atoms with van der Waals surface area (Å²) in [6.45, 7) is 0. The lowest BCUT2D eigenvalue weighted by Crippen LogP contribution is -2.23. The lowest BCUT2D eigenvalue weighted by atomic mass is 9.74. The Hall–Kier alpha value is -1.38. The summed E-state index contributed by atoms with van der Waals surface area (Å²) in [4.78, 5) is 0. The Morgan fingerprint density at radius 2 is 2.00 bits per heavy atom. The Balaban J connectivity index is 1.66. The van der Waals surface area contributed by atoms with E-state index in [1.807, 2.05) is 12.1 Å². The van der Waals surface area contributed by atoms with Crippen LogP contribution in [0.15, 0.2) is 42.5 Å². The Bertz CT molecular complexity index is 606. The zero-order chi connectivity index (χ0) is 14.1. The molecule has 3 rings (SSSR count). The van der Waals surface area contributed by atoms with Gasteiger partial charge in [-0.1, -0.05) is 41.9 Å². The fraction of sp³-hybridized carbons (Fsp3) is 0.294. The van der Waals surface area contributed by atoms with E-state index in [0.29, 0.717) is 22.9 Å². The molecule has 0 saturated carbocycles. The van der Waals surface area contributed by atoms with Crippen molar-refractivity contribution in [1.82, 2.24) is 0 Å². The normalized spacial score (nSPS) is 18.2. The van der Waals surface area contributed by atoms with Gasteiger partial charge in [0.1, 0.15) is 5.82 Å². The van der Waals surface area contributed by atoms with Crippen LogP contribution in [0, 0.1) is 5.82 Å². The molecule has 0 radical (unpaired) electrons. The molecule has 20 heavy (non-hydrogen) atoms. The number of hydrogen-bond donors (Lipinski definition) is 1.